The zero-order chi connectivity index (χ0) is 14.5. The fraction of sp³-hybridized carbons (Fsp3) is 0.0667. The van der Waals surface area contributed by atoms with Crippen molar-refractivity contribution in [2.24, 2.45) is 0 Å². The van der Waals surface area contributed by atoms with Crippen LogP contribution in [-0.2, 0) is 6.54 Å². The Bertz CT molecular complexity index is 724. The minimum absolute atomic E-state index is 0.280. The van der Waals surface area contributed by atoms with Gasteiger partial charge in [-0.3, -0.25) is 9.78 Å². The van der Waals surface area contributed by atoms with Gasteiger partial charge in [-0.05, 0) is 17.7 Å². The van der Waals surface area contributed by atoms with E-state index >= 15 is 0 Å². The molecule has 0 aliphatic heterocycles. The summed E-state index contributed by atoms with van der Waals surface area (Å²) in [5.41, 5.74) is 2.05. The third-order valence-corrected chi connectivity index (χ3v) is 2.90. The summed E-state index contributed by atoms with van der Waals surface area (Å²) in [6, 6.07) is 13.3. The van der Waals surface area contributed by atoms with Crippen molar-refractivity contribution in [3.63, 3.8) is 0 Å². The highest BCUT2D eigenvalue weighted by molar-refractivity contribution is 6.02. The molecule has 0 fully saturated rings. The van der Waals surface area contributed by atoms with Crippen molar-refractivity contribution in [3.8, 4) is 0 Å². The molecular formula is C15H13N5O. The van der Waals surface area contributed by atoms with E-state index < -0.39 is 0 Å². The number of anilines is 1. The number of carbonyl (C=O) groups excluding carboxylic acids is 1. The fourth-order valence-electron chi connectivity index (χ4n) is 1.88. The number of rotatable bonds is 4. The number of nitrogens with zero attached hydrogens (tertiary/aromatic N) is 4. The summed E-state index contributed by atoms with van der Waals surface area (Å²) < 4.78 is 1.64. The maximum atomic E-state index is 12.0. The number of hydrogen-bond donors (Lipinski definition) is 1. The second-order valence-corrected chi connectivity index (χ2v) is 4.48. The molecule has 0 radical (unpaired) electrons. The van der Waals surface area contributed by atoms with Gasteiger partial charge in [0.05, 0.1) is 12.7 Å². The van der Waals surface area contributed by atoms with Crippen molar-refractivity contribution in [2.75, 3.05) is 5.32 Å². The maximum absolute atomic E-state index is 12.0. The summed E-state index contributed by atoms with van der Waals surface area (Å²) in [7, 11) is 0. The number of carbonyl (C=O) groups is 1. The van der Waals surface area contributed by atoms with Gasteiger partial charge in [-0.2, -0.15) is 0 Å². The van der Waals surface area contributed by atoms with Crippen LogP contribution < -0.4 is 5.32 Å². The molecule has 0 spiro atoms. The second kappa shape index (κ2) is 5.96. The molecule has 3 aromatic rings. The van der Waals surface area contributed by atoms with E-state index in [-0.39, 0.29) is 11.6 Å². The van der Waals surface area contributed by atoms with Gasteiger partial charge in [0.1, 0.15) is 0 Å². The standard InChI is InChI=1S/C15H13N5O/c21-15(17-13-6-8-16-9-7-13)14-11-20(19-18-14)10-12-4-2-1-3-5-12/h1-9,11H,10H2,(H,16,17,21). The van der Waals surface area contributed by atoms with Crippen molar-refractivity contribution < 1.29 is 4.79 Å². The van der Waals surface area contributed by atoms with Crippen LogP contribution >= 0.6 is 0 Å². The van der Waals surface area contributed by atoms with Crippen LogP contribution in [0.15, 0.2) is 61.1 Å². The van der Waals surface area contributed by atoms with Crippen LogP contribution in [0, 0.1) is 0 Å². The SMILES string of the molecule is O=C(Nc1ccncc1)c1cn(Cc2ccccc2)nn1. The number of benzene rings is 1. The molecule has 0 atom stereocenters. The molecule has 0 aliphatic carbocycles. The highest BCUT2D eigenvalue weighted by atomic mass is 16.2. The molecule has 104 valence electrons. The topological polar surface area (TPSA) is 72.7 Å². The number of pyridine rings is 1. The summed E-state index contributed by atoms with van der Waals surface area (Å²) in [6.07, 6.45) is 4.85. The second-order valence-electron chi connectivity index (χ2n) is 4.48. The Hall–Kier alpha value is -3.02. The van der Waals surface area contributed by atoms with E-state index in [9.17, 15) is 4.79 Å². The smallest absolute Gasteiger partial charge is 0.277 e. The summed E-state index contributed by atoms with van der Waals surface area (Å²) >= 11 is 0. The van der Waals surface area contributed by atoms with Crippen LogP contribution in [-0.4, -0.2) is 25.9 Å². The third kappa shape index (κ3) is 3.30. The van der Waals surface area contributed by atoms with Crippen LogP contribution in [0.5, 0.6) is 0 Å². The number of nitrogens with one attached hydrogen (secondary N) is 1. The van der Waals surface area contributed by atoms with Crippen LogP contribution in [0.4, 0.5) is 5.69 Å². The molecule has 21 heavy (non-hydrogen) atoms. The van der Waals surface area contributed by atoms with E-state index in [0.29, 0.717) is 12.2 Å². The maximum Gasteiger partial charge on any atom is 0.277 e. The monoisotopic (exact) mass is 279 g/mol. The summed E-state index contributed by atoms with van der Waals surface area (Å²) in [5.74, 6) is -0.291. The largest absolute Gasteiger partial charge is 0.320 e. The van der Waals surface area contributed by atoms with Crippen LogP contribution in [0.25, 0.3) is 0 Å². The molecular weight excluding hydrogens is 266 g/mol. The average molecular weight is 279 g/mol. The Balaban J connectivity index is 1.68. The first-order valence-electron chi connectivity index (χ1n) is 6.47. The van der Waals surface area contributed by atoms with Crippen molar-refractivity contribution >= 4 is 11.6 Å². The first kappa shape index (κ1) is 13.0. The van der Waals surface area contributed by atoms with Gasteiger partial charge < -0.3 is 5.32 Å². The molecule has 0 aliphatic rings. The normalized spacial score (nSPS) is 10.3. The zero-order valence-electron chi connectivity index (χ0n) is 11.2. The first-order chi connectivity index (χ1) is 10.3. The quantitative estimate of drug-likeness (QED) is 0.792. The summed E-state index contributed by atoms with van der Waals surface area (Å²) in [4.78, 5) is 15.9. The number of amides is 1. The van der Waals surface area contributed by atoms with Gasteiger partial charge in [0.15, 0.2) is 5.69 Å². The van der Waals surface area contributed by atoms with Crippen LogP contribution in [0.2, 0.25) is 0 Å². The Morgan fingerprint density at radius 2 is 1.86 bits per heavy atom. The van der Waals surface area contributed by atoms with E-state index in [1.807, 2.05) is 30.3 Å². The van der Waals surface area contributed by atoms with Gasteiger partial charge in [-0.25, -0.2) is 4.68 Å². The molecule has 0 unspecified atom stereocenters. The minimum atomic E-state index is -0.291. The van der Waals surface area contributed by atoms with E-state index in [0.717, 1.165) is 5.56 Å². The summed E-state index contributed by atoms with van der Waals surface area (Å²) in [5, 5.41) is 10.6. The molecule has 0 saturated heterocycles. The average Bonchev–Trinajstić information content (AvgIpc) is 2.98. The molecule has 2 aromatic heterocycles. The van der Waals surface area contributed by atoms with Gasteiger partial charge in [0, 0.05) is 18.1 Å². The Labute approximate surface area is 121 Å². The van der Waals surface area contributed by atoms with Gasteiger partial charge >= 0.3 is 0 Å². The van der Waals surface area contributed by atoms with Gasteiger partial charge in [0.2, 0.25) is 0 Å². The predicted octanol–water partition coefficient (Wildman–Crippen LogP) is 1.97. The first-order valence-corrected chi connectivity index (χ1v) is 6.47. The van der Waals surface area contributed by atoms with Gasteiger partial charge in [0.25, 0.3) is 5.91 Å². The van der Waals surface area contributed by atoms with Gasteiger partial charge in [-0.15, -0.1) is 5.10 Å². The van der Waals surface area contributed by atoms with E-state index in [1.165, 1.54) is 0 Å². The Morgan fingerprint density at radius 1 is 1.10 bits per heavy atom. The zero-order valence-corrected chi connectivity index (χ0v) is 11.2. The van der Waals surface area contributed by atoms with Crippen molar-refractivity contribution in [3.05, 3.63) is 72.3 Å². The van der Waals surface area contributed by atoms with Crippen molar-refractivity contribution in [1.82, 2.24) is 20.0 Å². The third-order valence-electron chi connectivity index (χ3n) is 2.90. The van der Waals surface area contributed by atoms with E-state index in [2.05, 4.69) is 20.6 Å². The Morgan fingerprint density at radius 3 is 2.62 bits per heavy atom. The molecule has 0 bridgehead atoms. The molecule has 1 amide bonds. The highest BCUT2D eigenvalue weighted by Gasteiger charge is 2.11. The lowest BCUT2D eigenvalue weighted by Crippen LogP contribution is -2.12. The van der Waals surface area contributed by atoms with E-state index in [4.69, 9.17) is 0 Å². The molecule has 2 heterocycles. The molecule has 6 nitrogen and oxygen atoms in total. The molecule has 1 N–H and O–H groups in total. The molecule has 3 rings (SSSR count). The Kier molecular flexibility index (Phi) is 3.68. The highest BCUT2D eigenvalue weighted by Crippen LogP contribution is 2.07. The predicted molar refractivity (Wildman–Crippen MR) is 77.8 cm³/mol. The van der Waals surface area contributed by atoms with Crippen molar-refractivity contribution in [2.45, 2.75) is 6.54 Å². The lowest BCUT2D eigenvalue weighted by molar-refractivity contribution is 0.102. The van der Waals surface area contributed by atoms with Crippen LogP contribution in [0.1, 0.15) is 16.1 Å². The van der Waals surface area contributed by atoms with Crippen molar-refractivity contribution in [1.29, 1.82) is 0 Å². The number of hydrogen-bond acceptors (Lipinski definition) is 4. The lowest BCUT2D eigenvalue weighted by atomic mass is 10.2. The fourth-order valence-corrected chi connectivity index (χ4v) is 1.88. The van der Waals surface area contributed by atoms with E-state index in [1.54, 1.807) is 35.4 Å². The van der Waals surface area contributed by atoms with Crippen LogP contribution in [0.3, 0.4) is 0 Å². The molecule has 1 aromatic carbocycles. The molecule has 0 saturated carbocycles. The molecule has 6 heteroatoms. The lowest BCUT2D eigenvalue weighted by Gasteiger charge is -2.01. The van der Waals surface area contributed by atoms with Gasteiger partial charge in [-0.1, -0.05) is 35.5 Å². The minimum Gasteiger partial charge on any atom is -0.320 e. The number of aromatic nitrogens is 4. The summed E-state index contributed by atoms with van der Waals surface area (Å²) in [6.45, 7) is 0.580.